The first kappa shape index (κ1) is 15.4. The Kier molecular flexibility index (Phi) is 3.48. The molecular weight excluding hydrogens is 342 g/mol. The second kappa shape index (κ2) is 4.95. The van der Waals surface area contributed by atoms with E-state index in [2.05, 4.69) is 34.7 Å². The van der Waals surface area contributed by atoms with Gasteiger partial charge in [0.25, 0.3) is 0 Å². The van der Waals surface area contributed by atoms with Crippen LogP contribution in [0.5, 0.6) is 0 Å². The van der Waals surface area contributed by atoms with E-state index in [1.807, 2.05) is 0 Å². The molecular formula is C18H28BrNO2. The quantitative estimate of drug-likeness (QED) is 0.693. The molecule has 2 atom stereocenters. The van der Waals surface area contributed by atoms with Gasteiger partial charge < -0.3 is 9.64 Å². The molecule has 4 bridgehead atoms. The highest BCUT2D eigenvalue weighted by Gasteiger charge is 2.57. The summed E-state index contributed by atoms with van der Waals surface area (Å²) in [6.45, 7) is 6.38. The molecule has 5 aliphatic rings. The summed E-state index contributed by atoms with van der Waals surface area (Å²) in [5, 5.41) is 0. The zero-order chi connectivity index (χ0) is 15.6. The first-order valence-electron chi connectivity index (χ1n) is 8.87. The fraction of sp³-hybridized carbons (Fsp3) is 0.944. The van der Waals surface area contributed by atoms with Crippen LogP contribution < -0.4 is 0 Å². The van der Waals surface area contributed by atoms with E-state index in [9.17, 15) is 4.79 Å². The van der Waals surface area contributed by atoms with Crippen molar-refractivity contribution in [3.63, 3.8) is 0 Å². The second-order valence-corrected chi connectivity index (χ2v) is 10.9. The highest BCUT2D eigenvalue weighted by molar-refractivity contribution is 9.10. The molecule has 4 heteroatoms. The standard InChI is InChI=1S/C18H28BrNO2/c1-16(2)12-22-4-3-20(16)15(21)10-17-6-13-5-14(7-17)9-18(19,8-13)11-17/h13-14H,3-12H2,1-2H3. The molecule has 1 amide bonds. The first-order valence-corrected chi connectivity index (χ1v) is 9.66. The van der Waals surface area contributed by atoms with E-state index in [-0.39, 0.29) is 11.0 Å². The molecule has 0 aromatic carbocycles. The summed E-state index contributed by atoms with van der Waals surface area (Å²) in [5.74, 6) is 2.07. The highest BCUT2D eigenvalue weighted by atomic mass is 79.9. The molecule has 124 valence electrons. The maximum absolute atomic E-state index is 13.1. The number of halogens is 1. The van der Waals surface area contributed by atoms with Crippen molar-refractivity contribution in [1.29, 1.82) is 0 Å². The Morgan fingerprint density at radius 3 is 2.50 bits per heavy atom. The van der Waals surface area contributed by atoms with Crippen LogP contribution in [-0.4, -0.2) is 40.4 Å². The molecule has 0 aromatic rings. The van der Waals surface area contributed by atoms with Crippen LogP contribution in [0.25, 0.3) is 0 Å². The number of morpholine rings is 1. The zero-order valence-corrected chi connectivity index (χ0v) is 15.5. The number of alkyl halides is 1. The number of rotatable bonds is 2. The topological polar surface area (TPSA) is 29.5 Å². The average Bonchev–Trinajstić information content (AvgIpc) is 2.33. The van der Waals surface area contributed by atoms with Crippen LogP contribution in [0.2, 0.25) is 0 Å². The molecule has 5 fully saturated rings. The van der Waals surface area contributed by atoms with Crippen LogP contribution >= 0.6 is 15.9 Å². The van der Waals surface area contributed by atoms with Gasteiger partial charge in [0.1, 0.15) is 0 Å². The van der Waals surface area contributed by atoms with Gasteiger partial charge in [-0.3, -0.25) is 4.79 Å². The third-order valence-electron chi connectivity index (χ3n) is 6.58. The van der Waals surface area contributed by atoms with Gasteiger partial charge in [0.05, 0.1) is 18.8 Å². The van der Waals surface area contributed by atoms with E-state index in [1.165, 1.54) is 38.5 Å². The number of carbonyl (C=O) groups is 1. The molecule has 2 unspecified atom stereocenters. The van der Waals surface area contributed by atoms with Gasteiger partial charge in [-0.05, 0) is 69.6 Å². The predicted molar refractivity (Wildman–Crippen MR) is 90.0 cm³/mol. The highest BCUT2D eigenvalue weighted by Crippen LogP contribution is 2.65. The summed E-state index contributed by atoms with van der Waals surface area (Å²) >= 11 is 4.06. The zero-order valence-electron chi connectivity index (χ0n) is 13.9. The molecule has 0 radical (unpaired) electrons. The van der Waals surface area contributed by atoms with Crippen LogP contribution in [0.4, 0.5) is 0 Å². The van der Waals surface area contributed by atoms with E-state index in [1.54, 1.807) is 0 Å². The Balaban J connectivity index is 1.52. The summed E-state index contributed by atoms with van der Waals surface area (Å²) in [6, 6.07) is 0. The molecule has 3 nitrogen and oxygen atoms in total. The van der Waals surface area contributed by atoms with Crippen LogP contribution in [0.3, 0.4) is 0 Å². The van der Waals surface area contributed by atoms with E-state index in [0.717, 1.165) is 24.8 Å². The van der Waals surface area contributed by atoms with Gasteiger partial charge in [0, 0.05) is 17.3 Å². The van der Waals surface area contributed by atoms with Gasteiger partial charge >= 0.3 is 0 Å². The minimum atomic E-state index is -0.149. The second-order valence-electron chi connectivity index (χ2n) is 9.20. The van der Waals surface area contributed by atoms with Crippen LogP contribution in [0.15, 0.2) is 0 Å². The Labute approximate surface area is 142 Å². The fourth-order valence-corrected chi connectivity index (χ4v) is 7.79. The number of carbonyl (C=O) groups excluding carboxylic acids is 1. The minimum absolute atomic E-state index is 0.149. The van der Waals surface area contributed by atoms with Gasteiger partial charge in [-0.2, -0.15) is 0 Å². The van der Waals surface area contributed by atoms with Crippen molar-refractivity contribution < 1.29 is 9.53 Å². The summed E-state index contributed by atoms with van der Waals surface area (Å²) in [7, 11) is 0. The third-order valence-corrected chi connectivity index (χ3v) is 7.51. The van der Waals surface area contributed by atoms with Crippen molar-refractivity contribution in [1.82, 2.24) is 4.90 Å². The number of amides is 1. The third kappa shape index (κ3) is 2.54. The number of nitrogens with zero attached hydrogens (tertiary/aromatic N) is 1. The SMILES string of the molecule is CC1(C)COCCN1C(=O)CC12CC3CC(CC(Br)(C3)C1)C2. The van der Waals surface area contributed by atoms with Crippen molar-refractivity contribution >= 4 is 21.8 Å². The Bertz CT molecular complexity index is 475. The van der Waals surface area contributed by atoms with Crippen molar-refractivity contribution in [2.75, 3.05) is 19.8 Å². The molecule has 4 saturated carbocycles. The van der Waals surface area contributed by atoms with Gasteiger partial charge in [-0.25, -0.2) is 0 Å². The molecule has 5 rings (SSSR count). The minimum Gasteiger partial charge on any atom is -0.377 e. The maximum Gasteiger partial charge on any atom is 0.223 e. The van der Waals surface area contributed by atoms with Gasteiger partial charge in [-0.1, -0.05) is 15.9 Å². The maximum atomic E-state index is 13.1. The van der Waals surface area contributed by atoms with Crippen molar-refractivity contribution in [2.45, 2.75) is 68.7 Å². The number of ether oxygens (including phenoxy) is 1. The van der Waals surface area contributed by atoms with Gasteiger partial charge in [-0.15, -0.1) is 0 Å². The number of hydrogen-bond acceptors (Lipinski definition) is 2. The van der Waals surface area contributed by atoms with Crippen molar-refractivity contribution in [3.8, 4) is 0 Å². The van der Waals surface area contributed by atoms with E-state index in [0.29, 0.717) is 23.4 Å². The van der Waals surface area contributed by atoms with Crippen molar-refractivity contribution in [3.05, 3.63) is 0 Å². The first-order chi connectivity index (χ1) is 10.3. The Morgan fingerprint density at radius 1 is 1.23 bits per heavy atom. The normalized spacial score (nSPS) is 46.0. The molecule has 0 spiro atoms. The van der Waals surface area contributed by atoms with Crippen molar-refractivity contribution in [2.24, 2.45) is 17.3 Å². The summed E-state index contributed by atoms with van der Waals surface area (Å²) in [5.41, 5.74) is 0.128. The van der Waals surface area contributed by atoms with Crippen LogP contribution in [0, 0.1) is 17.3 Å². The number of hydrogen-bond donors (Lipinski definition) is 0. The molecule has 0 aromatic heterocycles. The van der Waals surface area contributed by atoms with Gasteiger partial charge in [0.2, 0.25) is 5.91 Å². The Hall–Kier alpha value is -0.0900. The lowest BCUT2D eigenvalue weighted by molar-refractivity contribution is -0.152. The van der Waals surface area contributed by atoms with E-state index < -0.39 is 0 Å². The van der Waals surface area contributed by atoms with Gasteiger partial charge in [0.15, 0.2) is 0 Å². The lowest BCUT2D eigenvalue weighted by Gasteiger charge is -2.60. The molecule has 0 N–H and O–H groups in total. The lowest BCUT2D eigenvalue weighted by Crippen LogP contribution is -2.58. The molecule has 22 heavy (non-hydrogen) atoms. The van der Waals surface area contributed by atoms with Crippen LogP contribution in [-0.2, 0) is 9.53 Å². The Morgan fingerprint density at radius 2 is 1.91 bits per heavy atom. The summed E-state index contributed by atoms with van der Waals surface area (Å²) in [6.07, 6.45) is 8.62. The predicted octanol–water partition coefficient (Wildman–Crippen LogP) is 3.75. The monoisotopic (exact) mass is 369 g/mol. The molecule has 1 heterocycles. The summed E-state index contributed by atoms with van der Waals surface area (Å²) < 4.78 is 5.92. The van der Waals surface area contributed by atoms with Crippen LogP contribution in [0.1, 0.15) is 58.8 Å². The average molecular weight is 370 g/mol. The summed E-state index contributed by atoms with van der Waals surface area (Å²) in [4.78, 5) is 15.2. The fourth-order valence-electron chi connectivity index (χ4n) is 6.28. The lowest BCUT2D eigenvalue weighted by atomic mass is 9.48. The molecule has 4 aliphatic carbocycles. The molecule has 1 saturated heterocycles. The van der Waals surface area contributed by atoms with E-state index in [4.69, 9.17) is 4.74 Å². The van der Waals surface area contributed by atoms with E-state index >= 15 is 0 Å². The largest absolute Gasteiger partial charge is 0.377 e. The molecule has 1 aliphatic heterocycles. The smallest absolute Gasteiger partial charge is 0.223 e.